The third-order valence-electron chi connectivity index (χ3n) is 3.32. The molecule has 1 amide bonds. The van der Waals surface area contributed by atoms with Crippen LogP contribution in [0.4, 0.5) is 4.39 Å². The largest absolute Gasteiger partial charge is 0.334 e. The number of nitrogens with zero attached hydrogens (tertiary/aromatic N) is 1. The fourth-order valence-corrected chi connectivity index (χ4v) is 2.67. The monoisotopic (exact) mass is 284 g/mol. The van der Waals surface area contributed by atoms with Crippen LogP contribution in [0, 0.1) is 11.7 Å². The van der Waals surface area contributed by atoms with Crippen molar-refractivity contribution < 1.29 is 9.18 Å². The molecule has 1 aliphatic heterocycles. The van der Waals surface area contributed by atoms with Crippen LogP contribution in [0.2, 0.25) is 5.02 Å². The molecule has 2 unspecified atom stereocenters. The maximum absolute atomic E-state index is 13.6. The van der Waals surface area contributed by atoms with Crippen LogP contribution in [0.25, 0.3) is 0 Å². The van der Waals surface area contributed by atoms with Gasteiger partial charge in [0.05, 0.1) is 11.1 Å². The van der Waals surface area contributed by atoms with Crippen molar-refractivity contribution in [3.63, 3.8) is 0 Å². The lowest BCUT2D eigenvalue weighted by Crippen LogP contribution is -2.35. The average molecular weight is 285 g/mol. The zero-order valence-corrected chi connectivity index (χ0v) is 11.8. The number of likely N-dealkylation sites (tertiary alicyclic amines) is 1. The summed E-state index contributed by atoms with van der Waals surface area (Å²) in [5.41, 5.74) is 6.75. The predicted molar refractivity (Wildman–Crippen MR) is 73.3 cm³/mol. The number of halogens is 2. The maximum Gasteiger partial charge on any atom is 0.224 e. The van der Waals surface area contributed by atoms with Gasteiger partial charge in [-0.25, -0.2) is 4.39 Å². The Kier molecular flexibility index (Phi) is 4.11. The van der Waals surface area contributed by atoms with Gasteiger partial charge in [-0.15, -0.1) is 0 Å². The van der Waals surface area contributed by atoms with E-state index in [9.17, 15) is 9.18 Å². The van der Waals surface area contributed by atoms with E-state index in [1.807, 2.05) is 13.8 Å². The summed E-state index contributed by atoms with van der Waals surface area (Å²) in [6.07, 6.45) is 0.307. The predicted octanol–water partition coefficient (Wildman–Crippen LogP) is 2.74. The third kappa shape index (κ3) is 2.90. The number of hydrogen-bond donors (Lipinski definition) is 1. The lowest BCUT2D eigenvalue weighted by atomic mass is 10.00. The van der Waals surface area contributed by atoms with E-state index in [0.29, 0.717) is 24.4 Å². The highest BCUT2D eigenvalue weighted by atomic mass is 35.5. The highest BCUT2D eigenvalue weighted by Crippen LogP contribution is 2.33. The molecule has 1 aliphatic rings. The number of amides is 1. The second-order valence-electron chi connectivity index (χ2n) is 5.43. The van der Waals surface area contributed by atoms with E-state index in [-0.39, 0.29) is 23.0 Å². The standard InChI is InChI=1S/C14H18ClFN2O/c1-8(2)7-18-13(19)6-12(17)14(18)9-3-4-10(15)11(16)5-9/h3-5,8,12,14H,6-7,17H2,1-2H3. The minimum atomic E-state index is -0.477. The second kappa shape index (κ2) is 5.47. The maximum atomic E-state index is 13.6. The smallest absolute Gasteiger partial charge is 0.224 e. The molecule has 3 nitrogen and oxygen atoms in total. The van der Waals surface area contributed by atoms with E-state index in [1.54, 1.807) is 11.0 Å². The summed E-state index contributed by atoms with van der Waals surface area (Å²) in [5, 5.41) is 0.0806. The van der Waals surface area contributed by atoms with Gasteiger partial charge >= 0.3 is 0 Å². The Hall–Kier alpha value is -1.13. The van der Waals surface area contributed by atoms with Crippen LogP contribution in [0.1, 0.15) is 31.9 Å². The molecule has 0 aromatic heterocycles. The Balaban J connectivity index is 2.33. The third-order valence-corrected chi connectivity index (χ3v) is 3.63. The summed E-state index contributed by atoms with van der Waals surface area (Å²) >= 11 is 5.69. The van der Waals surface area contributed by atoms with Crippen molar-refractivity contribution >= 4 is 17.5 Å². The first-order valence-electron chi connectivity index (χ1n) is 6.40. The number of benzene rings is 1. The molecule has 2 N–H and O–H groups in total. The number of carbonyl (C=O) groups is 1. The van der Waals surface area contributed by atoms with E-state index in [2.05, 4.69) is 0 Å². The van der Waals surface area contributed by atoms with Gasteiger partial charge in [-0.1, -0.05) is 31.5 Å². The lowest BCUT2D eigenvalue weighted by Gasteiger charge is -2.28. The summed E-state index contributed by atoms with van der Waals surface area (Å²) in [6.45, 7) is 4.70. The Bertz CT molecular complexity index is 492. The van der Waals surface area contributed by atoms with Crippen molar-refractivity contribution in [2.24, 2.45) is 11.7 Å². The van der Waals surface area contributed by atoms with Gasteiger partial charge < -0.3 is 10.6 Å². The summed E-state index contributed by atoms with van der Waals surface area (Å²) in [4.78, 5) is 13.7. The van der Waals surface area contributed by atoms with Crippen LogP contribution in [0.3, 0.4) is 0 Å². The quantitative estimate of drug-likeness (QED) is 0.928. The normalized spacial score (nSPS) is 23.5. The van der Waals surface area contributed by atoms with Gasteiger partial charge in [0.25, 0.3) is 0 Å². The van der Waals surface area contributed by atoms with Gasteiger partial charge in [-0.05, 0) is 23.6 Å². The second-order valence-corrected chi connectivity index (χ2v) is 5.83. The molecule has 104 valence electrons. The van der Waals surface area contributed by atoms with Crippen LogP contribution in [-0.2, 0) is 4.79 Å². The molecule has 0 saturated carbocycles. The van der Waals surface area contributed by atoms with Gasteiger partial charge in [0, 0.05) is 19.0 Å². The lowest BCUT2D eigenvalue weighted by molar-refractivity contribution is -0.129. The molecule has 1 fully saturated rings. The minimum Gasteiger partial charge on any atom is -0.334 e. The molecule has 2 atom stereocenters. The first-order valence-corrected chi connectivity index (χ1v) is 6.78. The van der Waals surface area contributed by atoms with Crippen molar-refractivity contribution in [1.82, 2.24) is 4.90 Å². The van der Waals surface area contributed by atoms with E-state index < -0.39 is 5.82 Å². The first kappa shape index (κ1) is 14.3. The molecule has 1 saturated heterocycles. The molecule has 2 rings (SSSR count). The van der Waals surface area contributed by atoms with Gasteiger partial charge in [0.1, 0.15) is 5.82 Å². The Morgan fingerprint density at radius 1 is 1.53 bits per heavy atom. The molecule has 1 heterocycles. The van der Waals surface area contributed by atoms with Gasteiger partial charge in [0.2, 0.25) is 5.91 Å². The highest BCUT2D eigenvalue weighted by Gasteiger charge is 2.38. The van der Waals surface area contributed by atoms with Crippen LogP contribution in [0.5, 0.6) is 0 Å². The molecule has 5 heteroatoms. The number of rotatable bonds is 3. The Labute approximate surface area is 117 Å². The summed E-state index contributed by atoms with van der Waals surface area (Å²) in [7, 11) is 0. The minimum absolute atomic E-state index is 0.0292. The summed E-state index contributed by atoms with van der Waals surface area (Å²) in [6, 6.07) is 4.06. The van der Waals surface area contributed by atoms with E-state index in [1.165, 1.54) is 12.1 Å². The number of nitrogens with two attached hydrogens (primary N) is 1. The fraction of sp³-hybridized carbons (Fsp3) is 0.500. The number of carbonyl (C=O) groups excluding carboxylic acids is 1. The fourth-order valence-electron chi connectivity index (χ4n) is 2.55. The van der Waals surface area contributed by atoms with E-state index >= 15 is 0 Å². The van der Waals surface area contributed by atoms with Crippen LogP contribution < -0.4 is 5.73 Å². The zero-order valence-electron chi connectivity index (χ0n) is 11.1. The molecule has 1 aromatic carbocycles. The SMILES string of the molecule is CC(C)CN1C(=O)CC(N)C1c1ccc(Cl)c(F)c1. The molecular formula is C14H18ClFN2O. The van der Waals surface area contributed by atoms with Crippen molar-refractivity contribution in [1.29, 1.82) is 0 Å². The van der Waals surface area contributed by atoms with Gasteiger partial charge in [-0.2, -0.15) is 0 Å². The summed E-state index contributed by atoms with van der Waals surface area (Å²) in [5.74, 6) is -0.106. The van der Waals surface area contributed by atoms with Gasteiger partial charge in [0.15, 0.2) is 0 Å². The molecular weight excluding hydrogens is 267 g/mol. The molecule has 1 aromatic rings. The van der Waals surface area contributed by atoms with Crippen LogP contribution in [0.15, 0.2) is 18.2 Å². The first-order chi connectivity index (χ1) is 8.90. The molecule has 0 radical (unpaired) electrons. The van der Waals surface area contributed by atoms with E-state index in [4.69, 9.17) is 17.3 Å². The molecule has 0 aliphatic carbocycles. The highest BCUT2D eigenvalue weighted by molar-refractivity contribution is 6.30. The van der Waals surface area contributed by atoms with Gasteiger partial charge in [-0.3, -0.25) is 4.79 Å². The van der Waals surface area contributed by atoms with Crippen molar-refractivity contribution in [2.45, 2.75) is 32.4 Å². The Morgan fingerprint density at radius 2 is 2.21 bits per heavy atom. The summed E-state index contributed by atoms with van der Waals surface area (Å²) < 4.78 is 13.6. The van der Waals surface area contributed by atoms with Crippen LogP contribution in [-0.4, -0.2) is 23.4 Å². The topological polar surface area (TPSA) is 46.3 Å². The molecule has 0 bridgehead atoms. The van der Waals surface area contributed by atoms with Crippen LogP contribution >= 0.6 is 11.6 Å². The van der Waals surface area contributed by atoms with E-state index in [0.717, 1.165) is 0 Å². The van der Waals surface area contributed by atoms with Crippen molar-refractivity contribution in [3.8, 4) is 0 Å². The zero-order chi connectivity index (χ0) is 14.2. The molecule has 19 heavy (non-hydrogen) atoms. The van der Waals surface area contributed by atoms with Crippen molar-refractivity contribution in [3.05, 3.63) is 34.6 Å². The average Bonchev–Trinajstić information content (AvgIpc) is 2.57. The Morgan fingerprint density at radius 3 is 2.79 bits per heavy atom. The molecule has 0 spiro atoms. The number of hydrogen-bond acceptors (Lipinski definition) is 2. The van der Waals surface area contributed by atoms with Crippen molar-refractivity contribution in [2.75, 3.05) is 6.54 Å².